The average molecular weight is 223 g/mol. The predicted octanol–water partition coefficient (Wildman–Crippen LogP) is 3.24. The van der Waals surface area contributed by atoms with Gasteiger partial charge in [-0.2, -0.15) is 0 Å². The van der Waals surface area contributed by atoms with E-state index in [1.807, 2.05) is 6.92 Å². The lowest BCUT2D eigenvalue weighted by atomic mass is 10.0. The summed E-state index contributed by atoms with van der Waals surface area (Å²) in [5, 5.41) is 0.969. The number of fused-ring (bicyclic) bond motifs is 3. The van der Waals surface area contributed by atoms with Crippen molar-refractivity contribution in [2.75, 3.05) is 6.61 Å². The quantitative estimate of drug-likeness (QED) is 0.684. The van der Waals surface area contributed by atoms with Crippen LogP contribution in [0.2, 0.25) is 0 Å². The SMILES string of the molecule is Cc1nc2cc(F)c3c(c2s1)C(C)CO3. The molecule has 2 heterocycles. The molecule has 1 aliphatic heterocycles. The van der Waals surface area contributed by atoms with Crippen LogP contribution in [0.15, 0.2) is 6.07 Å². The molecule has 0 saturated carbocycles. The summed E-state index contributed by atoms with van der Waals surface area (Å²) in [6, 6.07) is 1.47. The van der Waals surface area contributed by atoms with E-state index < -0.39 is 0 Å². The predicted molar refractivity (Wildman–Crippen MR) is 58.2 cm³/mol. The number of aromatic nitrogens is 1. The molecule has 0 saturated heterocycles. The fraction of sp³-hybridized carbons (Fsp3) is 0.364. The van der Waals surface area contributed by atoms with Gasteiger partial charge in [0.2, 0.25) is 0 Å². The van der Waals surface area contributed by atoms with Crippen molar-refractivity contribution in [3.8, 4) is 5.75 Å². The first-order valence-electron chi connectivity index (χ1n) is 4.89. The summed E-state index contributed by atoms with van der Waals surface area (Å²) in [7, 11) is 0. The molecule has 1 atom stereocenters. The van der Waals surface area contributed by atoms with Crippen LogP contribution in [-0.4, -0.2) is 11.6 Å². The summed E-state index contributed by atoms with van der Waals surface area (Å²) in [6.45, 7) is 4.57. The second-order valence-corrected chi connectivity index (χ2v) is 5.10. The zero-order valence-electron chi connectivity index (χ0n) is 8.50. The van der Waals surface area contributed by atoms with E-state index in [-0.39, 0.29) is 11.7 Å². The van der Waals surface area contributed by atoms with E-state index >= 15 is 0 Å². The normalized spacial score (nSPS) is 19.3. The van der Waals surface area contributed by atoms with E-state index in [0.29, 0.717) is 12.4 Å². The lowest BCUT2D eigenvalue weighted by Crippen LogP contribution is -1.93. The van der Waals surface area contributed by atoms with Crippen LogP contribution in [0.5, 0.6) is 5.75 Å². The monoisotopic (exact) mass is 223 g/mol. The molecule has 0 aliphatic carbocycles. The smallest absolute Gasteiger partial charge is 0.167 e. The summed E-state index contributed by atoms with van der Waals surface area (Å²) in [5.41, 5.74) is 1.75. The third-order valence-electron chi connectivity index (χ3n) is 2.70. The second kappa shape index (κ2) is 2.92. The molecule has 3 rings (SSSR count). The molecule has 2 aromatic rings. The van der Waals surface area contributed by atoms with Crippen molar-refractivity contribution in [1.82, 2.24) is 4.98 Å². The van der Waals surface area contributed by atoms with Crippen LogP contribution in [-0.2, 0) is 0 Å². The largest absolute Gasteiger partial charge is 0.490 e. The van der Waals surface area contributed by atoms with Gasteiger partial charge < -0.3 is 4.74 Å². The van der Waals surface area contributed by atoms with Crippen molar-refractivity contribution in [2.45, 2.75) is 19.8 Å². The van der Waals surface area contributed by atoms with Gasteiger partial charge in [-0.25, -0.2) is 9.37 Å². The number of halogens is 1. The van der Waals surface area contributed by atoms with Crippen molar-refractivity contribution in [1.29, 1.82) is 0 Å². The van der Waals surface area contributed by atoms with Crippen LogP contribution in [0.1, 0.15) is 23.4 Å². The number of hydrogen-bond donors (Lipinski definition) is 0. The number of nitrogens with zero attached hydrogens (tertiary/aromatic N) is 1. The van der Waals surface area contributed by atoms with E-state index in [9.17, 15) is 4.39 Å². The molecule has 1 unspecified atom stereocenters. The molecule has 2 nitrogen and oxygen atoms in total. The molecule has 0 radical (unpaired) electrons. The van der Waals surface area contributed by atoms with Crippen molar-refractivity contribution in [3.63, 3.8) is 0 Å². The van der Waals surface area contributed by atoms with Gasteiger partial charge in [0, 0.05) is 17.5 Å². The second-order valence-electron chi connectivity index (χ2n) is 3.89. The van der Waals surface area contributed by atoms with E-state index in [2.05, 4.69) is 11.9 Å². The number of benzene rings is 1. The zero-order chi connectivity index (χ0) is 10.6. The maximum Gasteiger partial charge on any atom is 0.167 e. The molecule has 1 aliphatic rings. The van der Waals surface area contributed by atoms with Gasteiger partial charge in [0.15, 0.2) is 11.6 Å². The van der Waals surface area contributed by atoms with Gasteiger partial charge in [-0.15, -0.1) is 11.3 Å². The third-order valence-corrected chi connectivity index (χ3v) is 3.72. The summed E-state index contributed by atoms with van der Waals surface area (Å²) in [4.78, 5) is 4.31. The Balaban J connectivity index is 2.44. The molecule has 78 valence electrons. The van der Waals surface area contributed by atoms with Gasteiger partial charge in [-0.3, -0.25) is 0 Å². The van der Waals surface area contributed by atoms with E-state index in [4.69, 9.17) is 4.74 Å². The summed E-state index contributed by atoms with van der Waals surface area (Å²) in [6.07, 6.45) is 0. The van der Waals surface area contributed by atoms with Gasteiger partial charge in [0.25, 0.3) is 0 Å². The zero-order valence-corrected chi connectivity index (χ0v) is 9.32. The topological polar surface area (TPSA) is 22.1 Å². The highest BCUT2D eigenvalue weighted by atomic mass is 32.1. The van der Waals surface area contributed by atoms with Crippen LogP contribution in [0, 0.1) is 12.7 Å². The first-order chi connectivity index (χ1) is 7.16. The van der Waals surface area contributed by atoms with E-state index in [0.717, 1.165) is 20.8 Å². The van der Waals surface area contributed by atoms with Crippen LogP contribution >= 0.6 is 11.3 Å². The molecule has 0 amide bonds. The lowest BCUT2D eigenvalue weighted by Gasteiger charge is -2.02. The van der Waals surface area contributed by atoms with Gasteiger partial charge in [0.05, 0.1) is 21.8 Å². The molecule has 1 aromatic heterocycles. The summed E-state index contributed by atoms with van der Waals surface area (Å²) >= 11 is 1.61. The molecular formula is C11H10FNOS. The van der Waals surface area contributed by atoms with Crippen molar-refractivity contribution < 1.29 is 9.13 Å². The number of ether oxygens (including phenoxy) is 1. The number of thiazole rings is 1. The van der Waals surface area contributed by atoms with E-state index in [1.54, 1.807) is 11.3 Å². The number of hydrogen-bond acceptors (Lipinski definition) is 3. The van der Waals surface area contributed by atoms with E-state index in [1.165, 1.54) is 6.07 Å². The van der Waals surface area contributed by atoms with Crippen LogP contribution < -0.4 is 4.74 Å². The van der Waals surface area contributed by atoms with Crippen LogP contribution in [0.25, 0.3) is 10.2 Å². The highest BCUT2D eigenvalue weighted by molar-refractivity contribution is 7.18. The maximum absolute atomic E-state index is 13.6. The molecule has 4 heteroatoms. The standard InChI is InChI=1S/C11H10FNOS/c1-5-4-14-10-7(12)3-8-11(9(5)10)15-6(2)13-8/h3,5H,4H2,1-2H3. The van der Waals surface area contributed by atoms with Crippen molar-refractivity contribution >= 4 is 21.6 Å². The fourth-order valence-electron chi connectivity index (χ4n) is 2.04. The molecule has 0 bridgehead atoms. The minimum absolute atomic E-state index is 0.262. The van der Waals surface area contributed by atoms with Gasteiger partial charge in [-0.05, 0) is 6.92 Å². The minimum Gasteiger partial charge on any atom is -0.490 e. The molecule has 0 fully saturated rings. The number of aryl methyl sites for hydroxylation is 1. The van der Waals surface area contributed by atoms with Crippen molar-refractivity contribution in [2.24, 2.45) is 0 Å². The van der Waals surface area contributed by atoms with Gasteiger partial charge >= 0.3 is 0 Å². The summed E-state index contributed by atoms with van der Waals surface area (Å²) in [5.74, 6) is 0.406. The lowest BCUT2D eigenvalue weighted by molar-refractivity contribution is 0.323. The van der Waals surface area contributed by atoms with Gasteiger partial charge in [-0.1, -0.05) is 6.92 Å². The molecular weight excluding hydrogens is 213 g/mol. The molecule has 0 N–H and O–H groups in total. The Kier molecular flexibility index (Phi) is 1.77. The Hall–Kier alpha value is -1.16. The Morgan fingerprint density at radius 1 is 1.60 bits per heavy atom. The Labute approximate surface area is 90.7 Å². The molecule has 15 heavy (non-hydrogen) atoms. The number of rotatable bonds is 0. The highest BCUT2D eigenvalue weighted by Gasteiger charge is 2.27. The van der Waals surface area contributed by atoms with Crippen molar-refractivity contribution in [3.05, 3.63) is 22.5 Å². The first-order valence-corrected chi connectivity index (χ1v) is 5.71. The maximum atomic E-state index is 13.6. The Bertz CT molecular complexity index is 549. The highest BCUT2D eigenvalue weighted by Crippen LogP contribution is 2.43. The first kappa shape index (κ1) is 9.09. The Morgan fingerprint density at radius 2 is 2.40 bits per heavy atom. The third kappa shape index (κ3) is 1.17. The summed E-state index contributed by atoms with van der Waals surface area (Å²) < 4.78 is 20.1. The minimum atomic E-state index is -0.285. The van der Waals surface area contributed by atoms with Gasteiger partial charge in [0.1, 0.15) is 0 Å². The molecule has 0 spiro atoms. The van der Waals surface area contributed by atoms with Crippen LogP contribution in [0.4, 0.5) is 4.39 Å². The Morgan fingerprint density at radius 3 is 3.20 bits per heavy atom. The fourth-order valence-corrected chi connectivity index (χ4v) is 3.09. The molecule has 1 aromatic carbocycles. The average Bonchev–Trinajstić information content (AvgIpc) is 2.69. The van der Waals surface area contributed by atoms with Crippen LogP contribution in [0.3, 0.4) is 0 Å².